The van der Waals surface area contributed by atoms with E-state index in [2.05, 4.69) is 4.74 Å². The van der Waals surface area contributed by atoms with Gasteiger partial charge in [0.25, 0.3) is 0 Å². The van der Waals surface area contributed by atoms with Gasteiger partial charge in [0, 0.05) is 13.5 Å². The van der Waals surface area contributed by atoms with E-state index in [9.17, 15) is 79.7 Å². The monoisotopic (exact) mass is 904 g/mol. The van der Waals surface area contributed by atoms with Crippen molar-refractivity contribution in [3.8, 4) is 0 Å². The summed E-state index contributed by atoms with van der Waals surface area (Å²) in [7, 11) is 1.58. The van der Waals surface area contributed by atoms with Gasteiger partial charge in [0.15, 0.2) is 0 Å². The maximum absolute atomic E-state index is 14.0. The third-order valence-electron chi connectivity index (χ3n) is 7.00. The van der Waals surface area contributed by atoms with E-state index >= 15 is 0 Å². The van der Waals surface area contributed by atoms with Crippen molar-refractivity contribution in [1.29, 1.82) is 0 Å². The summed E-state index contributed by atoms with van der Waals surface area (Å²) >= 11 is 0. The highest BCUT2D eigenvalue weighted by Gasteiger charge is 2.95. The molecule has 0 heterocycles. The van der Waals surface area contributed by atoms with Crippen LogP contribution in [0.4, 0.5) is 74.6 Å². The van der Waals surface area contributed by atoms with E-state index in [1.165, 1.54) is 0 Å². The predicted molar refractivity (Wildman–Crippen MR) is 161 cm³/mol. The van der Waals surface area contributed by atoms with Gasteiger partial charge in [-0.15, -0.1) is 0 Å². The van der Waals surface area contributed by atoms with E-state index in [4.69, 9.17) is 42.6 Å². The predicted octanol–water partition coefficient (Wildman–Crippen LogP) is 5.54. The molecule has 0 radical (unpaired) electrons. The number of halogens is 17. The standard InChI is InChI=1S/C30H45F17O11/c1-49-2-3-50-4-5-51-6-7-52-8-9-53-10-11-54-12-13-55-14-15-56-16-17-57-18-19-58-21-22(48)20-23(31,32)24(33,34)25(35,36)26(37,38)27(39,40)28(41,42)29(43,44)30(45,46)47/h22,48H,2-21H2,1H3. The van der Waals surface area contributed by atoms with Crippen molar-refractivity contribution < 1.29 is 127 Å². The van der Waals surface area contributed by atoms with Crippen LogP contribution in [0.25, 0.3) is 0 Å². The molecule has 0 amide bonds. The first-order chi connectivity index (χ1) is 26.7. The third-order valence-corrected chi connectivity index (χ3v) is 7.00. The number of rotatable bonds is 37. The van der Waals surface area contributed by atoms with Gasteiger partial charge in [0.05, 0.1) is 132 Å². The van der Waals surface area contributed by atoms with Crippen molar-refractivity contribution in [2.75, 3.05) is 133 Å². The molecule has 1 unspecified atom stereocenters. The van der Waals surface area contributed by atoms with Crippen LogP contribution in [0.15, 0.2) is 0 Å². The normalized spacial score (nSPS) is 14.7. The van der Waals surface area contributed by atoms with E-state index in [0.717, 1.165) is 0 Å². The fourth-order valence-corrected chi connectivity index (χ4v) is 3.80. The molecular formula is C30H45F17O11. The van der Waals surface area contributed by atoms with Gasteiger partial charge in [0.2, 0.25) is 0 Å². The number of aliphatic hydroxyl groups excluding tert-OH is 1. The van der Waals surface area contributed by atoms with Crippen molar-refractivity contribution in [3.63, 3.8) is 0 Å². The highest BCUT2D eigenvalue weighted by molar-refractivity contribution is 5.15. The molecule has 0 saturated heterocycles. The van der Waals surface area contributed by atoms with Gasteiger partial charge in [-0.2, -0.15) is 74.6 Å². The van der Waals surface area contributed by atoms with Crippen LogP contribution < -0.4 is 0 Å². The third kappa shape index (κ3) is 16.7. The second kappa shape index (κ2) is 26.0. The Kier molecular flexibility index (Phi) is 25.3. The van der Waals surface area contributed by atoms with Gasteiger partial charge >= 0.3 is 47.6 Å². The Hall–Kier alpha value is -1.63. The van der Waals surface area contributed by atoms with Gasteiger partial charge < -0.3 is 52.5 Å². The summed E-state index contributed by atoms with van der Waals surface area (Å²) in [5.41, 5.74) is 0. The average molecular weight is 905 g/mol. The summed E-state index contributed by atoms with van der Waals surface area (Å²) in [4.78, 5) is 0. The van der Waals surface area contributed by atoms with Gasteiger partial charge in [-0.3, -0.25) is 0 Å². The smallest absolute Gasteiger partial charge is 0.390 e. The van der Waals surface area contributed by atoms with Crippen LogP contribution in [0.1, 0.15) is 6.42 Å². The minimum absolute atomic E-state index is 0.0280. The van der Waals surface area contributed by atoms with E-state index < -0.39 is 80.0 Å². The summed E-state index contributed by atoms with van der Waals surface area (Å²) in [6.07, 6.45) is -13.8. The van der Waals surface area contributed by atoms with E-state index in [1.54, 1.807) is 7.11 Å². The molecular weight excluding hydrogens is 859 g/mol. The highest BCUT2D eigenvalue weighted by atomic mass is 19.4. The average Bonchev–Trinajstić information content (AvgIpc) is 3.11. The minimum Gasteiger partial charge on any atom is -0.390 e. The Morgan fingerprint density at radius 2 is 0.552 bits per heavy atom. The highest BCUT2D eigenvalue weighted by Crippen LogP contribution is 2.64. The zero-order chi connectivity index (χ0) is 44.8. The maximum atomic E-state index is 14.0. The van der Waals surface area contributed by atoms with E-state index in [0.29, 0.717) is 66.1 Å². The quantitative estimate of drug-likeness (QED) is 0.0627. The van der Waals surface area contributed by atoms with Crippen LogP contribution >= 0.6 is 0 Å². The molecule has 0 aromatic heterocycles. The Morgan fingerprint density at radius 3 is 0.810 bits per heavy atom. The number of aliphatic hydroxyl groups is 1. The van der Waals surface area contributed by atoms with Crippen molar-refractivity contribution in [1.82, 2.24) is 0 Å². The van der Waals surface area contributed by atoms with Crippen LogP contribution in [-0.2, 0) is 47.4 Å². The number of methoxy groups -OCH3 is 1. The van der Waals surface area contributed by atoms with Crippen molar-refractivity contribution in [2.45, 2.75) is 60.2 Å². The molecule has 58 heavy (non-hydrogen) atoms. The lowest BCUT2D eigenvalue weighted by Gasteiger charge is -2.43. The Bertz CT molecular complexity index is 1070. The number of hydrogen-bond acceptors (Lipinski definition) is 11. The maximum Gasteiger partial charge on any atom is 0.460 e. The van der Waals surface area contributed by atoms with Crippen molar-refractivity contribution in [2.24, 2.45) is 0 Å². The molecule has 0 rings (SSSR count). The molecule has 0 fully saturated rings. The molecule has 0 spiro atoms. The molecule has 0 aliphatic rings. The van der Waals surface area contributed by atoms with Crippen LogP contribution in [0.5, 0.6) is 0 Å². The fraction of sp³-hybridized carbons (Fsp3) is 1.00. The number of alkyl halides is 17. The molecule has 0 aliphatic heterocycles. The summed E-state index contributed by atoms with van der Waals surface area (Å²) in [6, 6.07) is 0. The van der Waals surface area contributed by atoms with Crippen LogP contribution in [-0.4, -0.2) is 191 Å². The fourth-order valence-electron chi connectivity index (χ4n) is 3.80. The molecule has 350 valence electrons. The summed E-state index contributed by atoms with van der Waals surface area (Å²) in [6.45, 7) is 2.19. The summed E-state index contributed by atoms with van der Waals surface area (Å²) in [5.74, 6) is -57.2. The number of ether oxygens (including phenoxy) is 10. The van der Waals surface area contributed by atoms with Crippen LogP contribution in [0.3, 0.4) is 0 Å². The van der Waals surface area contributed by atoms with E-state index in [-0.39, 0.29) is 39.6 Å². The van der Waals surface area contributed by atoms with Gasteiger partial charge in [-0.05, 0) is 0 Å². The van der Waals surface area contributed by atoms with Crippen molar-refractivity contribution >= 4 is 0 Å². The Balaban J connectivity index is 4.18. The Morgan fingerprint density at radius 1 is 0.328 bits per heavy atom. The summed E-state index contributed by atoms with van der Waals surface area (Å²) < 4.78 is 278. The SMILES string of the molecule is COCCOCCOCCOCCOCCOCCOCCOCCOCCOCC(O)CC(F)(F)C(F)(F)C(F)(F)C(F)(F)C(F)(F)C(F)(F)C(F)(F)C(F)(F)F. The first-order valence-corrected chi connectivity index (χ1v) is 16.8. The lowest BCUT2D eigenvalue weighted by Crippen LogP contribution is -2.74. The zero-order valence-electron chi connectivity index (χ0n) is 30.7. The molecule has 0 aromatic rings. The second-order valence-electron chi connectivity index (χ2n) is 11.5. The van der Waals surface area contributed by atoms with Gasteiger partial charge in [-0.25, -0.2) is 0 Å². The minimum atomic E-state index is -8.72. The molecule has 28 heteroatoms. The molecule has 0 saturated carbocycles. The van der Waals surface area contributed by atoms with Crippen LogP contribution in [0.2, 0.25) is 0 Å². The summed E-state index contributed by atoms with van der Waals surface area (Å²) in [5, 5.41) is 9.44. The van der Waals surface area contributed by atoms with Gasteiger partial charge in [-0.1, -0.05) is 0 Å². The lowest BCUT2D eigenvalue weighted by molar-refractivity contribution is -0.462. The molecule has 0 aliphatic carbocycles. The largest absolute Gasteiger partial charge is 0.460 e. The van der Waals surface area contributed by atoms with Crippen molar-refractivity contribution in [3.05, 3.63) is 0 Å². The molecule has 1 atom stereocenters. The first kappa shape index (κ1) is 56.4. The molecule has 11 nitrogen and oxygen atoms in total. The molecule has 1 N–H and O–H groups in total. The van der Waals surface area contributed by atoms with Gasteiger partial charge in [0.1, 0.15) is 0 Å². The second-order valence-corrected chi connectivity index (χ2v) is 11.5. The first-order valence-electron chi connectivity index (χ1n) is 16.8. The van der Waals surface area contributed by atoms with E-state index in [1.807, 2.05) is 0 Å². The van der Waals surface area contributed by atoms with Crippen LogP contribution in [0, 0.1) is 0 Å². The Labute approximate surface area is 320 Å². The molecule has 0 bridgehead atoms. The molecule has 0 aromatic carbocycles. The topological polar surface area (TPSA) is 113 Å². The zero-order valence-corrected chi connectivity index (χ0v) is 30.7. The number of hydrogen-bond donors (Lipinski definition) is 1. The lowest BCUT2D eigenvalue weighted by atomic mass is 9.88.